The first-order valence-electron chi connectivity index (χ1n) is 9.78. The number of rotatable bonds is 9. The van der Waals surface area contributed by atoms with Crippen molar-refractivity contribution in [2.75, 3.05) is 20.3 Å². The fourth-order valence-corrected chi connectivity index (χ4v) is 2.90. The summed E-state index contributed by atoms with van der Waals surface area (Å²) < 4.78 is 21.9. The number of carbonyl (C=O) groups is 1. The molecule has 1 aromatic heterocycles. The van der Waals surface area contributed by atoms with Crippen LogP contribution >= 0.6 is 0 Å². The maximum absolute atomic E-state index is 11.5. The number of ether oxygens (including phenoxy) is 3. The molecule has 0 aliphatic carbocycles. The van der Waals surface area contributed by atoms with Gasteiger partial charge >= 0.3 is 5.97 Å². The number of hydrogen-bond acceptors (Lipinski definition) is 6. The van der Waals surface area contributed by atoms with Crippen LogP contribution in [0.3, 0.4) is 0 Å². The van der Waals surface area contributed by atoms with Gasteiger partial charge in [-0.2, -0.15) is 0 Å². The average Bonchev–Trinajstić information content (AvgIpc) is 3.14. The first-order valence-corrected chi connectivity index (χ1v) is 9.78. The standard InChI is InChI=1S/C24H25NO5/c1-4-28-23(26)13-11-18-10-12-20(16-22(18)27-3)29-15-14-21-17(2)30-24(25-21)19-8-6-5-7-9-19/h5-13,16H,4,14-15H2,1-3H3. The maximum atomic E-state index is 11.5. The average molecular weight is 407 g/mol. The maximum Gasteiger partial charge on any atom is 0.330 e. The predicted octanol–water partition coefficient (Wildman–Crippen LogP) is 4.86. The Labute approximate surface area is 176 Å². The van der Waals surface area contributed by atoms with Gasteiger partial charge in [0.2, 0.25) is 5.89 Å². The second kappa shape index (κ2) is 10.3. The van der Waals surface area contributed by atoms with Crippen molar-refractivity contribution in [3.8, 4) is 23.0 Å². The molecular formula is C24H25NO5. The molecule has 0 amide bonds. The molecule has 3 rings (SSSR count). The highest BCUT2D eigenvalue weighted by atomic mass is 16.5. The summed E-state index contributed by atoms with van der Waals surface area (Å²) >= 11 is 0. The fraction of sp³-hybridized carbons (Fsp3) is 0.250. The van der Waals surface area contributed by atoms with Gasteiger partial charge in [-0.25, -0.2) is 9.78 Å². The normalized spacial score (nSPS) is 10.9. The lowest BCUT2D eigenvalue weighted by Gasteiger charge is -2.09. The molecule has 0 fully saturated rings. The molecule has 2 aromatic carbocycles. The summed E-state index contributed by atoms with van der Waals surface area (Å²) in [6.07, 6.45) is 3.65. The highest BCUT2D eigenvalue weighted by Crippen LogP contribution is 2.26. The van der Waals surface area contributed by atoms with Crippen molar-refractivity contribution in [2.24, 2.45) is 0 Å². The minimum atomic E-state index is -0.391. The van der Waals surface area contributed by atoms with Crippen molar-refractivity contribution in [2.45, 2.75) is 20.3 Å². The summed E-state index contributed by atoms with van der Waals surface area (Å²) in [6.45, 7) is 4.46. The quantitative estimate of drug-likeness (QED) is 0.373. The first kappa shape index (κ1) is 21.2. The second-order valence-electron chi connectivity index (χ2n) is 6.48. The summed E-state index contributed by atoms with van der Waals surface area (Å²) in [6, 6.07) is 15.3. The Morgan fingerprint density at radius 1 is 1.17 bits per heavy atom. The van der Waals surface area contributed by atoms with E-state index in [0.717, 1.165) is 22.6 Å². The lowest BCUT2D eigenvalue weighted by atomic mass is 10.1. The van der Waals surface area contributed by atoms with E-state index in [1.54, 1.807) is 26.2 Å². The summed E-state index contributed by atoms with van der Waals surface area (Å²) in [7, 11) is 1.57. The van der Waals surface area contributed by atoms with E-state index >= 15 is 0 Å². The number of hydrogen-bond donors (Lipinski definition) is 0. The van der Waals surface area contributed by atoms with Crippen molar-refractivity contribution in [3.63, 3.8) is 0 Å². The third-order valence-electron chi connectivity index (χ3n) is 4.41. The van der Waals surface area contributed by atoms with Crippen LogP contribution in [-0.4, -0.2) is 31.3 Å². The van der Waals surface area contributed by atoms with Gasteiger partial charge in [-0.05, 0) is 44.2 Å². The van der Waals surface area contributed by atoms with E-state index in [1.165, 1.54) is 6.08 Å². The summed E-state index contributed by atoms with van der Waals surface area (Å²) in [5.74, 6) is 2.29. The van der Waals surface area contributed by atoms with Gasteiger partial charge in [-0.15, -0.1) is 0 Å². The SMILES string of the molecule is CCOC(=O)C=Cc1ccc(OCCc2nc(-c3ccccc3)oc2C)cc1OC. The molecule has 0 saturated heterocycles. The van der Waals surface area contributed by atoms with E-state index in [1.807, 2.05) is 49.4 Å². The van der Waals surface area contributed by atoms with Crippen molar-refractivity contribution in [3.05, 3.63) is 71.6 Å². The van der Waals surface area contributed by atoms with Gasteiger partial charge in [0.25, 0.3) is 0 Å². The van der Waals surface area contributed by atoms with Gasteiger partial charge in [0, 0.05) is 29.7 Å². The van der Waals surface area contributed by atoms with E-state index < -0.39 is 5.97 Å². The number of esters is 1. The third-order valence-corrected chi connectivity index (χ3v) is 4.41. The number of nitrogens with zero attached hydrogens (tertiary/aromatic N) is 1. The Hall–Kier alpha value is -3.54. The van der Waals surface area contributed by atoms with Crippen molar-refractivity contribution < 1.29 is 23.4 Å². The van der Waals surface area contributed by atoms with Crippen LogP contribution in [0.1, 0.15) is 23.9 Å². The van der Waals surface area contributed by atoms with Crippen LogP contribution in [0.2, 0.25) is 0 Å². The summed E-state index contributed by atoms with van der Waals surface area (Å²) in [5.41, 5.74) is 2.58. The number of benzene rings is 2. The fourth-order valence-electron chi connectivity index (χ4n) is 2.90. The van der Waals surface area contributed by atoms with Crippen LogP contribution in [0.15, 0.2) is 59.0 Å². The lowest BCUT2D eigenvalue weighted by Crippen LogP contribution is -2.03. The van der Waals surface area contributed by atoms with E-state index in [9.17, 15) is 4.79 Å². The Kier molecular flexibility index (Phi) is 7.27. The van der Waals surface area contributed by atoms with Crippen molar-refractivity contribution in [1.29, 1.82) is 0 Å². The smallest absolute Gasteiger partial charge is 0.330 e. The van der Waals surface area contributed by atoms with Crippen LogP contribution in [0, 0.1) is 6.92 Å². The predicted molar refractivity (Wildman–Crippen MR) is 115 cm³/mol. The van der Waals surface area contributed by atoms with Crippen LogP contribution in [0.25, 0.3) is 17.5 Å². The summed E-state index contributed by atoms with van der Waals surface area (Å²) in [5, 5.41) is 0. The number of aromatic nitrogens is 1. The monoisotopic (exact) mass is 407 g/mol. The van der Waals surface area contributed by atoms with Gasteiger partial charge in [-0.3, -0.25) is 0 Å². The number of oxazole rings is 1. The Bertz CT molecular complexity index is 1010. The van der Waals surface area contributed by atoms with Crippen LogP contribution in [0.4, 0.5) is 0 Å². The molecule has 3 aromatic rings. The molecule has 156 valence electrons. The number of carbonyl (C=O) groups excluding carboxylic acids is 1. The largest absolute Gasteiger partial charge is 0.496 e. The van der Waals surface area contributed by atoms with Gasteiger partial charge in [0.05, 0.1) is 26.0 Å². The Morgan fingerprint density at radius 2 is 1.97 bits per heavy atom. The van der Waals surface area contributed by atoms with E-state index in [-0.39, 0.29) is 0 Å². The molecule has 0 N–H and O–H groups in total. The molecule has 0 spiro atoms. The van der Waals surface area contributed by atoms with Crippen molar-refractivity contribution >= 4 is 12.0 Å². The molecule has 6 heteroatoms. The molecule has 0 bridgehead atoms. The zero-order chi connectivity index (χ0) is 21.3. The molecule has 0 unspecified atom stereocenters. The minimum absolute atomic E-state index is 0.338. The van der Waals surface area contributed by atoms with Crippen LogP contribution in [-0.2, 0) is 16.0 Å². The first-order chi connectivity index (χ1) is 14.6. The molecule has 0 aliphatic heterocycles. The molecule has 0 atom stereocenters. The molecule has 1 heterocycles. The number of aryl methyl sites for hydroxylation is 1. The van der Waals surface area contributed by atoms with Gasteiger partial charge in [-0.1, -0.05) is 18.2 Å². The highest BCUT2D eigenvalue weighted by Gasteiger charge is 2.11. The zero-order valence-electron chi connectivity index (χ0n) is 17.4. The van der Waals surface area contributed by atoms with Crippen LogP contribution in [0.5, 0.6) is 11.5 Å². The van der Waals surface area contributed by atoms with E-state index in [0.29, 0.717) is 37.0 Å². The summed E-state index contributed by atoms with van der Waals surface area (Å²) in [4.78, 5) is 16.1. The molecule has 6 nitrogen and oxygen atoms in total. The molecule has 30 heavy (non-hydrogen) atoms. The third kappa shape index (κ3) is 5.50. The molecule has 0 radical (unpaired) electrons. The van der Waals surface area contributed by atoms with E-state index in [4.69, 9.17) is 18.6 Å². The topological polar surface area (TPSA) is 70.8 Å². The van der Waals surface area contributed by atoms with Gasteiger partial charge in [0.1, 0.15) is 17.3 Å². The zero-order valence-corrected chi connectivity index (χ0v) is 17.4. The Balaban J connectivity index is 1.61. The van der Waals surface area contributed by atoms with Gasteiger partial charge < -0.3 is 18.6 Å². The minimum Gasteiger partial charge on any atom is -0.496 e. The van der Waals surface area contributed by atoms with Crippen molar-refractivity contribution in [1.82, 2.24) is 4.98 Å². The highest BCUT2D eigenvalue weighted by molar-refractivity contribution is 5.87. The number of methoxy groups -OCH3 is 1. The Morgan fingerprint density at radius 3 is 2.70 bits per heavy atom. The molecular weight excluding hydrogens is 382 g/mol. The molecule has 0 saturated carbocycles. The molecule has 0 aliphatic rings. The second-order valence-corrected chi connectivity index (χ2v) is 6.48. The lowest BCUT2D eigenvalue weighted by molar-refractivity contribution is -0.137. The van der Waals surface area contributed by atoms with Gasteiger partial charge in [0.15, 0.2) is 0 Å². The van der Waals surface area contributed by atoms with E-state index in [2.05, 4.69) is 4.98 Å². The van der Waals surface area contributed by atoms with Crippen LogP contribution < -0.4 is 9.47 Å².